The summed E-state index contributed by atoms with van der Waals surface area (Å²) in [5.74, 6) is 2.23. The summed E-state index contributed by atoms with van der Waals surface area (Å²) in [6, 6.07) is 10.0. The largest absolute Gasteiger partial charge is 0.493 e. The van der Waals surface area contributed by atoms with Gasteiger partial charge in [0.05, 0.1) is 27.0 Å². The van der Waals surface area contributed by atoms with Crippen molar-refractivity contribution in [3.05, 3.63) is 47.0 Å². The number of para-hydroxylation sites is 1. The number of benzene rings is 2. The van der Waals surface area contributed by atoms with E-state index in [0.29, 0.717) is 23.2 Å². The highest BCUT2D eigenvalue weighted by molar-refractivity contribution is 5.85. The maximum Gasteiger partial charge on any atom is 0.203 e. The molecule has 0 aliphatic carbocycles. The Morgan fingerprint density at radius 1 is 0.958 bits per heavy atom. The van der Waals surface area contributed by atoms with Crippen LogP contribution in [0.3, 0.4) is 0 Å². The Kier molecular flexibility index (Phi) is 5.85. The number of hydrogen-bond donors (Lipinski definition) is 0. The lowest BCUT2D eigenvalue weighted by atomic mass is 9.98. The molecule has 0 unspecified atom stereocenters. The molecule has 0 saturated carbocycles. The topological polar surface area (TPSA) is 40.0 Å². The molecule has 24 heavy (non-hydrogen) atoms. The molecule has 128 valence electrons. The molecular weight excluding hydrogens is 302 g/mol. The Hall–Kier alpha value is -2.49. The molecule has 0 bridgehead atoms. The van der Waals surface area contributed by atoms with Crippen LogP contribution in [0.2, 0.25) is 0 Å². The van der Waals surface area contributed by atoms with Crippen LogP contribution < -0.4 is 14.2 Å². The van der Waals surface area contributed by atoms with Gasteiger partial charge < -0.3 is 14.2 Å². The zero-order valence-corrected chi connectivity index (χ0v) is 15.2. The van der Waals surface area contributed by atoms with Crippen molar-refractivity contribution in [1.29, 1.82) is 0 Å². The van der Waals surface area contributed by atoms with Gasteiger partial charge in [0.15, 0.2) is 11.5 Å². The van der Waals surface area contributed by atoms with Crippen LogP contribution in [-0.4, -0.2) is 27.5 Å². The molecule has 0 aliphatic rings. The van der Waals surface area contributed by atoms with Crippen molar-refractivity contribution in [3.8, 4) is 17.2 Å². The van der Waals surface area contributed by atoms with Gasteiger partial charge in [0.1, 0.15) is 0 Å². The molecule has 0 fully saturated rings. The molecule has 0 aromatic heterocycles. The van der Waals surface area contributed by atoms with Crippen LogP contribution in [-0.2, 0) is 0 Å². The van der Waals surface area contributed by atoms with Crippen LogP contribution in [0.25, 0.3) is 0 Å². The number of methoxy groups -OCH3 is 3. The number of aryl methyl sites for hydroxylation is 1. The number of rotatable bonds is 6. The zero-order chi connectivity index (χ0) is 17.7. The van der Waals surface area contributed by atoms with Gasteiger partial charge in [-0.1, -0.05) is 32.0 Å². The lowest BCUT2D eigenvalue weighted by molar-refractivity contribution is 0.324. The molecular formula is C20H25NO3. The van der Waals surface area contributed by atoms with Crippen LogP contribution in [0, 0.1) is 6.92 Å². The highest BCUT2D eigenvalue weighted by atomic mass is 16.5. The van der Waals surface area contributed by atoms with E-state index < -0.39 is 0 Å². The lowest BCUT2D eigenvalue weighted by Gasteiger charge is -2.13. The van der Waals surface area contributed by atoms with Crippen LogP contribution in [0.5, 0.6) is 17.2 Å². The fourth-order valence-corrected chi connectivity index (χ4v) is 2.64. The van der Waals surface area contributed by atoms with E-state index >= 15 is 0 Å². The maximum atomic E-state index is 5.39. The van der Waals surface area contributed by atoms with Crippen molar-refractivity contribution in [1.82, 2.24) is 0 Å². The van der Waals surface area contributed by atoms with E-state index in [-0.39, 0.29) is 0 Å². The van der Waals surface area contributed by atoms with Gasteiger partial charge in [-0.2, -0.15) is 0 Å². The minimum atomic E-state index is 0.414. The zero-order valence-electron chi connectivity index (χ0n) is 15.2. The number of hydrogen-bond acceptors (Lipinski definition) is 4. The van der Waals surface area contributed by atoms with Gasteiger partial charge in [0.25, 0.3) is 0 Å². The molecule has 0 heterocycles. The van der Waals surface area contributed by atoms with Gasteiger partial charge in [0.2, 0.25) is 5.75 Å². The third-order valence-corrected chi connectivity index (χ3v) is 3.92. The Morgan fingerprint density at radius 3 is 2.08 bits per heavy atom. The third kappa shape index (κ3) is 3.70. The van der Waals surface area contributed by atoms with Crippen molar-refractivity contribution in [2.75, 3.05) is 21.3 Å². The van der Waals surface area contributed by atoms with Crippen LogP contribution in [0.4, 0.5) is 5.69 Å². The fraction of sp³-hybridized carbons (Fsp3) is 0.350. The molecule has 0 aliphatic heterocycles. The molecule has 2 aromatic carbocycles. The quantitative estimate of drug-likeness (QED) is 0.709. The average molecular weight is 327 g/mol. The summed E-state index contributed by atoms with van der Waals surface area (Å²) >= 11 is 0. The molecule has 0 amide bonds. The molecule has 2 rings (SSSR count). The van der Waals surface area contributed by atoms with Crippen molar-refractivity contribution < 1.29 is 14.2 Å². The molecule has 0 N–H and O–H groups in total. The van der Waals surface area contributed by atoms with Gasteiger partial charge >= 0.3 is 0 Å². The second-order valence-electron chi connectivity index (χ2n) is 5.88. The minimum absolute atomic E-state index is 0.414. The fourth-order valence-electron chi connectivity index (χ4n) is 2.64. The predicted octanol–water partition coefficient (Wildman–Crippen LogP) is 4.89. The predicted molar refractivity (Wildman–Crippen MR) is 98.6 cm³/mol. The third-order valence-electron chi connectivity index (χ3n) is 3.92. The van der Waals surface area contributed by atoms with E-state index in [1.165, 1.54) is 5.56 Å². The molecule has 2 aromatic rings. The van der Waals surface area contributed by atoms with Gasteiger partial charge in [-0.3, -0.25) is 4.99 Å². The van der Waals surface area contributed by atoms with Crippen molar-refractivity contribution in [3.63, 3.8) is 0 Å². The van der Waals surface area contributed by atoms with E-state index in [1.807, 2.05) is 18.3 Å². The van der Waals surface area contributed by atoms with Crippen LogP contribution in [0.15, 0.2) is 35.3 Å². The first-order chi connectivity index (χ1) is 11.5. The first-order valence-electron chi connectivity index (χ1n) is 7.95. The highest BCUT2D eigenvalue weighted by Gasteiger charge is 2.13. The molecule has 0 saturated heterocycles. The normalized spacial score (nSPS) is 11.1. The summed E-state index contributed by atoms with van der Waals surface area (Å²) in [4.78, 5) is 4.73. The van der Waals surface area contributed by atoms with E-state index in [0.717, 1.165) is 16.8 Å². The highest BCUT2D eigenvalue weighted by Crippen LogP contribution is 2.38. The van der Waals surface area contributed by atoms with E-state index in [2.05, 4.69) is 39.0 Å². The smallest absolute Gasteiger partial charge is 0.203 e. The maximum absolute atomic E-state index is 5.39. The first-order valence-corrected chi connectivity index (χ1v) is 7.95. The van der Waals surface area contributed by atoms with Crippen molar-refractivity contribution >= 4 is 11.9 Å². The summed E-state index contributed by atoms with van der Waals surface area (Å²) in [6.07, 6.45) is 1.83. The Bertz CT molecular complexity index is 711. The monoisotopic (exact) mass is 327 g/mol. The van der Waals surface area contributed by atoms with Gasteiger partial charge in [-0.05, 0) is 36.1 Å². The van der Waals surface area contributed by atoms with Gasteiger partial charge in [0, 0.05) is 11.8 Å². The molecule has 4 nitrogen and oxygen atoms in total. The summed E-state index contributed by atoms with van der Waals surface area (Å²) < 4.78 is 16.1. The average Bonchev–Trinajstić information content (AvgIpc) is 2.59. The second kappa shape index (κ2) is 7.86. The van der Waals surface area contributed by atoms with Crippen LogP contribution >= 0.6 is 0 Å². The number of ether oxygens (including phenoxy) is 3. The van der Waals surface area contributed by atoms with Crippen LogP contribution in [0.1, 0.15) is 36.5 Å². The lowest BCUT2D eigenvalue weighted by Crippen LogP contribution is -1.97. The van der Waals surface area contributed by atoms with E-state index in [1.54, 1.807) is 21.3 Å². The standard InChI is InChI=1S/C20H25NO3/c1-13(2)16-9-7-8-14(3)19(16)21-12-15-10-17(22-4)20(24-6)18(11-15)23-5/h7-13H,1-6H3. The Morgan fingerprint density at radius 2 is 1.58 bits per heavy atom. The van der Waals surface area contributed by atoms with E-state index in [4.69, 9.17) is 19.2 Å². The summed E-state index contributed by atoms with van der Waals surface area (Å²) in [6.45, 7) is 6.42. The molecule has 0 radical (unpaired) electrons. The second-order valence-corrected chi connectivity index (χ2v) is 5.88. The molecule has 4 heteroatoms. The Balaban J connectivity index is 2.47. The summed E-state index contributed by atoms with van der Waals surface area (Å²) in [7, 11) is 4.81. The van der Waals surface area contributed by atoms with Gasteiger partial charge in [-0.15, -0.1) is 0 Å². The van der Waals surface area contributed by atoms with E-state index in [9.17, 15) is 0 Å². The Labute approximate surface area is 144 Å². The molecule has 0 atom stereocenters. The van der Waals surface area contributed by atoms with Crippen molar-refractivity contribution in [2.24, 2.45) is 4.99 Å². The minimum Gasteiger partial charge on any atom is -0.493 e. The molecule has 0 spiro atoms. The number of nitrogens with zero attached hydrogens (tertiary/aromatic N) is 1. The van der Waals surface area contributed by atoms with Gasteiger partial charge in [-0.25, -0.2) is 0 Å². The number of aliphatic imine (C=N–C) groups is 1. The SMILES string of the molecule is COc1cc(C=Nc2c(C)cccc2C(C)C)cc(OC)c1OC. The first kappa shape index (κ1) is 17.9. The van der Waals surface area contributed by atoms with Crippen molar-refractivity contribution in [2.45, 2.75) is 26.7 Å². The summed E-state index contributed by atoms with van der Waals surface area (Å²) in [5, 5.41) is 0. The summed E-state index contributed by atoms with van der Waals surface area (Å²) in [5.41, 5.74) is 4.30.